The Morgan fingerprint density at radius 1 is 0.389 bits per heavy atom. The van der Waals surface area contributed by atoms with Gasteiger partial charge in [0, 0.05) is 27.3 Å². The minimum atomic E-state index is -0.446. The number of hydrogen-bond donors (Lipinski definition) is 0. The second kappa shape index (κ2) is 11.0. The molecule has 3 heterocycles. The topological polar surface area (TPSA) is 30.7 Å². The molecule has 1 aliphatic heterocycles. The summed E-state index contributed by atoms with van der Waals surface area (Å²) in [5, 5.41) is 3.58. The highest BCUT2D eigenvalue weighted by Gasteiger charge is 2.50. The van der Waals surface area contributed by atoms with Crippen LogP contribution in [0.5, 0.6) is 0 Å². The third-order valence-corrected chi connectivity index (χ3v) is 11.8. The van der Waals surface area contributed by atoms with E-state index in [-0.39, 0.29) is 0 Å². The van der Waals surface area contributed by atoms with Crippen LogP contribution < -0.4 is 0 Å². The van der Waals surface area contributed by atoms with Crippen molar-refractivity contribution in [2.24, 2.45) is 0 Å². The Bertz CT molecular complexity index is 3110. The summed E-state index contributed by atoms with van der Waals surface area (Å²) in [6.07, 6.45) is 0. The van der Waals surface area contributed by atoms with E-state index in [2.05, 4.69) is 180 Å². The fourth-order valence-electron chi connectivity index (χ4n) is 9.66. The van der Waals surface area contributed by atoms with Crippen molar-refractivity contribution in [3.63, 3.8) is 0 Å². The number of aromatic nitrogens is 3. The third kappa shape index (κ3) is 3.80. The normalized spacial score (nSPS) is 13.3. The molecule has 12 rings (SSSR count). The Labute approximate surface area is 312 Å². The zero-order valence-corrected chi connectivity index (χ0v) is 29.2. The quantitative estimate of drug-likeness (QED) is 0.185. The standard InChI is InChI=1S/C51H31N3/c1-2-14-33(15-3-1)48-38-18-6-11-23-44(38)52-50(53-48)34-28-26-32(27-29-34)35-30-31-43-49-47(35)39-19-7-12-24-45(39)54(49)46-25-13-10-22-42(46)51(43)40-20-8-4-16-36(40)37-17-5-9-21-41(37)51/h1-31H. The molecule has 1 aliphatic carbocycles. The first-order valence-electron chi connectivity index (χ1n) is 18.6. The molecule has 10 aromatic rings. The molecule has 3 heteroatoms. The molecular formula is C51H31N3. The Balaban J connectivity index is 1.11. The molecular weight excluding hydrogens is 655 g/mol. The van der Waals surface area contributed by atoms with Crippen LogP contribution in [0.15, 0.2) is 188 Å². The van der Waals surface area contributed by atoms with Gasteiger partial charge in [-0.1, -0.05) is 170 Å². The van der Waals surface area contributed by atoms with E-state index in [0.717, 1.165) is 39.1 Å². The van der Waals surface area contributed by atoms with Gasteiger partial charge in [-0.25, -0.2) is 9.97 Å². The summed E-state index contributed by atoms with van der Waals surface area (Å²) in [7, 11) is 0. The van der Waals surface area contributed by atoms with Gasteiger partial charge >= 0.3 is 0 Å². The maximum Gasteiger partial charge on any atom is 0.160 e. The van der Waals surface area contributed by atoms with Gasteiger partial charge in [0.2, 0.25) is 0 Å². The molecule has 3 nitrogen and oxygen atoms in total. The van der Waals surface area contributed by atoms with E-state index in [1.54, 1.807) is 0 Å². The molecule has 0 N–H and O–H groups in total. The molecule has 250 valence electrons. The highest BCUT2D eigenvalue weighted by Crippen LogP contribution is 2.61. The summed E-state index contributed by atoms with van der Waals surface area (Å²) in [4.78, 5) is 10.2. The molecule has 0 fully saturated rings. The van der Waals surface area contributed by atoms with E-state index in [1.165, 1.54) is 66.4 Å². The lowest BCUT2D eigenvalue weighted by molar-refractivity contribution is 0.748. The zero-order chi connectivity index (χ0) is 35.4. The molecule has 1 spiro atoms. The van der Waals surface area contributed by atoms with Crippen molar-refractivity contribution in [3.05, 3.63) is 210 Å². The van der Waals surface area contributed by atoms with Crippen LogP contribution in [-0.4, -0.2) is 14.5 Å². The molecule has 0 bridgehead atoms. The Kier molecular flexibility index (Phi) is 5.98. The average Bonchev–Trinajstić information content (AvgIpc) is 3.75. The van der Waals surface area contributed by atoms with Crippen LogP contribution in [0.1, 0.15) is 22.3 Å². The summed E-state index contributed by atoms with van der Waals surface area (Å²) in [5.74, 6) is 0.725. The molecule has 2 aliphatic rings. The van der Waals surface area contributed by atoms with Gasteiger partial charge in [0.15, 0.2) is 5.82 Å². The van der Waals surface area contributed by atoms with E-state index in [0.29, 0.717) is 0 Å². The molecule has 54 heavy (non-hydrogen) atoms. The van der Waals surface area contributed by atoms with Crippen LogP contribution in [-0.2, 0) is 5.41 Å². The van der Waals surface area contributed by atoms with Crippen molar-refractivity contribution in [3.8, 4) is 50.6 Å². The lowest BCUT2D eigenvalue weighted by Crippen LogP contribution is -2.33. The summed E-state index contributed by atoms with van der Waals surface area (Å²) >= 11 is 0. The molecule has 0 radical (unpaired) electrons. The SMILES string of the molecule is c1ccc(-c2nc(-c3ccc(-c4ccc5c6c4c4ccccc4n6-c4ccccc4C54c5ccccc5-c5ccccc54)cc3)nc3ccccc23)cc1. The number of rotatable bonds is 3. The Hall–Kier alpha value is -7.10. The second-order valence-corrected chi connectivity index (χ2v) is 14.5. The number of hydrogen-bond acceptors (Lipinski definition) is 2. The minimum absolute atomic E-state index is 0.446. The molecule has 0 atom stereocenters. The fraction of sp³-hybridized carbons (Fsp3) is 0.0196. The van der Waals surface area contributed by atoms with Crippen LogP contribution in [0.2, 0.25) is 0 Å². The van der Waals surface area contributed by atoms with Gasteiger partial charge in [0.05, 0.1) is 33.3 Å². The minimum Gasteiger partial charge on any atom is -0.309 e. The van der Waals surface area contributed by atoms with Gasteiger partial charge in [0.25, 0.3) is 0 Å². The summed E-state index contributed by atoms with van der Waals surface area (Å²) in [6.45, 7) is 0. The van der Waals surface area contributed by atoms with Crippen molar-refractivity contribution in [1.29, 1.82) is 0 Å². The second-order valence-electron chi connectivity index (χ2n) is 14.5. The number of nitrogens with zero attached hydrogens (tertiary/aromatic N) is 3. The summed E-state index contributed by atoms with van der Waals surface area (Å²) < 4.78 is 2.52. The Morgan fingerprint density at radius 2 is 1.00 bits per heavy atom. The van der Waals surface area contributed by atoms with Crippen LogP contribution in [0, 0.1) is 0 Å². The van der Waals surface area contributed by atoms with Gasteiger partial charge in [-0.3, -0.25) is 0 Å². The van der Waals surface area contributed by atoms with Gasteiger partial charge < -0.3 is 4.57 Å². The predicted molar refractivity (Wildman–Crippen MR) is 221 cm³/mol. The predicted octanol–water partition coefficient (Wildman–Crippen LogP) is 12.4. The lowest BCUT2D eigenvalue weighted by Gasteiger charge is -2.39. The van der Waals surface area contributed by atoms with Crippen molar-refractivity contribution in [2.45, 2.75) is 5.41 Å². The van der Waals surface area contributed by atoms with E-state index < -0.39 is 5.41 Å². The van der Waals surface area contributed by atoms with E-state index in [4.69, 9.17) is 9.97 Å². The first-order valence-corrected chi connectivity index (χ1v) is 18.6. The van der Waals surface area contributed by atoms with Gasteiger partial charge in [-0.05, 0) is 62.7 Å². The average molecular weight is 686 g/mol. The summed E-state index contributed by atoms with van der Waals surface area (Å²) in [5.41, 5.74) is 17.6. The smallest absolute Gasteiger partial charge is 0.160 e. The molecule has 2 aromatic heterocycles. The fourth-order valence-corrected chi connectivity index (χ4v) is 9.66. The van der Waals surface area contributed by atoms with Crippen LogP contribution in [0.3, 0.4) is 0 Å². The van der Waals surface area contributed by atoms with Crippen molar-refractivity contribution in [2.75, 3.05) is 0 Å². The van der Waals surface area contributed by atoms with Crippen LogP contribution in [0.4, 0.5) is 0 Å². The van der Waals surface area contributed by atoms with Crippen molar-refractivity contribution >= 4 is 32.7 Å². The molecule has 0 saturated heterocycles. The number of fused-ring (bicyclic) bond motifs is 13. The molecule has 8 aromatic carbocycles. The largest absolute Gasteiger partial charge is 0.309 e. The van der Waals surface area contributed by atoms with Crippen molar-refractivity contribution in [1.82, 2.24) is 14.5 Å². The van der Waals surface area contributed by atoms with E-state index in [9.17, 15) is 0 Å². The molecule has 0 amide bonds. The lowest BCUT2D eigenvalue weighted by atomic mass is 9.65. The molecule has 0 unspecified atom stereocenters. The summed E-state index contributed by atoms with van der Waals surface area (Å²) in [6, 6.07) is 68.3. The highest BCUT2D eigenvalue weighted by molar-refractivity contribution is 6.18. The Morgan fingerprint density at radius 3 is 1.78 bits per heavy atom. The first kappa shape index (κ1) is 29.5. The zero-order valence-electron chi connectivity index (χ0n) is 29.2. The van der Waals surface area contributed by atoms with Gasteiger partial charge in [-0.2, -0.15) is 0 Å². The van der Waals surface area contributed by atoms with Gasteiger partial charge in [-0.15, -0.1) is 0 Å². The third-order valence-electron chi connectivity index (χ3n) is 11.8. The van der Waals surface area contributed by atoms with E-state index in [1.807, 2.05) is 12.1 Å². The van der Waals surface area contributed by atoms with Crippen LogP contribution >= 0.6 is 0 Å². The highest BCUT2D eigenvalue weighted by atomic mass is 15.0. The first-order chi connectivity index (χ1) is 26.8. The van der Waals surface area contributed by atoms with E-state index >= 15 is 0 Å². The maximum absolute atomic E-state index is 5.15. The number of benzene rings is 8. The van der Waals surface area contributed by atoms with Crippen LogP contribution in [0.25, 0.3) is 83.3 Å². The van der Waals surface area contributed by atoms with Gasteiger partial charge in [0.1, 0.15) is 0 Å². The monoisotopic (exact) mass is 685 g/mol. The maximum atomic E-state index is 5.15. The number of para-hydroxylation sites is 3. The van der Waals surface area contributed by atoms with Crippen molar-refractivity contribution < 1.29 is 0 Å². The molecule has 0 saturated carbocycles.